The van der Waals surface area contributed by atoms with E-state index in [9.17, 15) is 14.0 Å². The van der Waals surface area contributed by atoms with Crippen LogP contribution in [0.2, 0.25) is 0 Å². The van der Waals surface area contributed by atoms with Crippen LogP contribution in [-0.2, 0) is 6.54 Å². The molecule has 1 aromatic carbocycles. The van der Waals surface area contributed by atoms with E-state index in [1.807, 2.05) is 0 Å². The molecule has 0 radical (unpaired) electrons. The van der Waals surface area contributed by atoms with E-state index >= 15 is 0 Å². The second-order valence-corrected chi connectivity index (χ2v) is 4.61. The van der Waals surface area contributed by atoms with E-state index in [1.165, 1.54) is 24.4 Å². The largest absolute Gasteiger partial charge is 0.328 e. The first-order chi connectivity index (χ1) is 9.02. The van der Waals surface area contributed by atoms with Gasteiger partial charge in [0.25, 0.3) is 5.56 Å². The molecular formula is C12H7BrFN3O2. The molecule has 0 bridgehead atoms. The summed E-state index contributed by atoms with van der Waals surface area (Å²) in [6, 6.07) is 6.08. The van der Waals surface area contributed by atoms with Gasteiger partial charge in [-0.2, -0.15) is 5.26 Å². The van der Waals surface area contributed by atoms with Crippen molar-refractivity contribution in [1.29, 1.82) is 5.26 Å². The topological polar surface area (TPSA) is 78.7 Å². The lowest BCUT2D eigenvalue weighted by Gasteiger charge is -2.07. The van der Waals surface area contributed by atoms with Crippen LogP contribution in [0, 0.1) is 17.1 Å². The molecular weight excluding hydrogens is 317 g/mol. The van der Waals surface area contributed by atoms with Crippen molar-refractivity contribution >= 4 is 15.9 Å². The second kappa shape index (κ2) is 5.20. The van der Waals surface area contributed by atoms with Crippen molar-refractivity contribution in [1.82, 2.24) is 9.55 Å². The Balaban J connectivity index is 2.49. The van der Waals surface area contributed by atoms with Crippen LogP contribution in [0.5, 0.6) is 0 Å². The van der Waals surface area contributed by atoms with Crippen LogP contribution in [0.3, 0.4) is 0 Å². The van der Waals surface area contributed by atoms with Gasteiger partial charge >= 0.3 is 5.69 Å². The van der Waals surface area contributed by atoms with Crippen molar-refractivity contribution in [3.8, 4) is 6.07 Å². The van der Waals surface area contributed by atoms with Gasteiger partial charge in [0.1, 0.15) is 11.9 Å². The summed E-state index contributed by atoms with van der Waals surface area (Å²) in [5, 5.41) is 8.73. The fraction of sp³-hybridized carbons (Fsp3) is 0.0833. The molecule has 2 aromatic rings. The number of rotatable bonds is 2. The Morgan fingerprint density at radius 2 is 2.16 bits per heavy atom. The molecule has 7 heteroatoms. The Morgan fingerprint density at radius 3 is 2.84 bits per heavy atom. The summed E-state index contributed by atoms with van der Waals surface area (Å²) in [7, 11) is 0. The highest BCUT2D eigenvalue weighted by Gasteiger charge is 2.09. The van der Waals surface area contributed by atoms with E-state index in [-0.39, 0.29) is 22.1 Å². The summed E-state index contributed by atoms with van der Waals surface area (Å²) in [4.78, 5) is 24.8. The number of nitriles is 1. The second-order valence-electron chi connectivity index (χ2n) is 3.75. The number of aromatic nitrogens is 2. The zero-order valence-corrected chi connectivity index (χ0v) is 11.1. The standard InChI is InChI=1S/C12H7BrFN3O2/c13-9-6-17(12(19)16-11(9)18)5-8-3-1-2-7(4-15)10(8)14/h1-3,6H,5H2,(H,16,18,19). The maximum absolute atomic E-state index is 13.8. The van der Waals surface area contributed by atoms with Crippen LogP contribution in [0.25, 0.3) is 0 Å². The predicted molar refractivity (Wildman–Crippen MR) is 69.2 cm³/mol. The van der Waals surface area contributed by atoms with Crippen LogP contribution in [-0.4, -0.2) is 9.55 Å². The molecule has 0 saturated carbocycles. The first-order valence-electron chi connectivity index (χ1n) is 5.19. The van der Waals surface area contributed by atoms with E-state index in [1.54, 1.807) is 6.07 Å². The van der Waals surface area contributed by atoms with Crippen molar-refractivity contribution in [2.45, 2.75) is 6.54 Å². The van der Waals surface area contributed by atoms with Crippen LogP contribution in [0.1, 0.15) is 11.1 Å². The Hall–Kier alpha value is -2.20. The molecule has 0 spiro atoms. The minimum atomic E-state index is -0.667. The number of benzene rings is 1. The van der Waals surface area contributed by atoms with Gasteiger partial charge in [-0.15, -0.1) is 0 Å². The van der Waals surface area contributed by atoms with Gasteiger partial charge in [0.15, 0.2) is 0 Å². The number of aromatic amines is 1. The summed E-state index contributed by atoms with van der Waals surface area (Å²) in [5.41, 5.74) is -1.09. The van der Waals surface area contributed by atoms with Crippen LogP contribution >= 0.6 is 15.9 Å². The molecule has 5 nitrogen and oxygen atoms in total. The molecule has 1 aromatic heterocycles. The smallest absolute Gasteiger partial charge is 0.295 e. The molecule has 2 rings (SSSR count). The van der Waals surface area contributed by atoms with E-state index in [2.05, 4.69) is 20.9 Å². The third-order valence-electron chi connectivity index (χ3n) is 2.51. The minimum Gasteiger partial charge on any atom is -0.295 e. The van der Waals surface area contributed by atoms with Gasteiger partial charge < -0.3 is 0 Å². The molecule has 0 amide bonds. The van der Waals surface area contributed by atoms with Gasteiger partial charge in [-0.05, 0) is 22.0 Å². The maximum Gasteiger partial charge on any atom is 0.328 e. The third kappa shape index (κ3) is 2.63. The lowest BCUT2D eigenvalue weighted by atomic mass is 10.1. The first-order valence-corrected chi connectivity index (χ1v) is 5.99. The monoisotopic (exact) mass is 323 g/mol. The van der Waals surface area contributed by atoms with Gasteiger partial charge in [0.2, 0.25) is 0 Å². The van der Waals surface area contributed by atoms with Gasteiger partial charge in [0.05, 0.1) is 16.6 Å². The van der Waals surface area contributed by atoms with E-state index < -0.39 is 17.1 Å². The molecule has 19 heavy (non-hydrogen) atoms. The van der Waals surface area contributed by atoms with E-state index in [4.69, 9.17) is 5.26 Å². The molecule has 0 atom stereocenters. The van der Waals surface area contributed by atoms with Crippen LogP contribution in [0.15, 0.2) is 38.5 Å². The van der Waals surface area contributed by atoms with Crippen LogP contribution < -0.4 is 11.2 Å². The molecule has 0 aliphatic rings. The summed E-state index contributed by atoms with van der Waals surface area (Å²) in [6.45, 7) is -0.0738. The number of nitrogens with one attached hydrogen (secondary N) is 1. The Kier molecular flexibility index (Phi) is 3.62. The molecule has 0 unspecified atom stereocenters. The number of nitrogens with zero attached hydrogens (tertiary/aromatic N) is 2. The van der Waals surface area contributed by atoms with Gasteiger partial charge in [-0.1, -0.05) is 12.1 Å². The fourth-order valence-corrected chi connectivity index (χ4v) is 1.92. The van der Waals surface area contributed by atoms with Crippen molar-refractivity contribution < 1.29 is 4.39 Å². The predicted octanol–water partition coefficient (Wildman–Crippen LogP) is 1.36. The summed E-state index contributed by atoms with van der Waals surface area (Å²) < 4.78 is 15.2. The highest BCUT2D eigenvalue weighted by molar-refractivity contribution is 9.10. The summed E-state index contributed by atoms with van der Waals surface area (Å²) in [6.07, 6.45) is 1.28. The van der Waals surface area contributed by atoms with Gasteiger partial charge in [0, 0.05) is 11.8 Å². The quantitative estimate of drug-likeness (QED) is 0.906. The molecule has 1 heterocycles. The Labute approximate surface area is 115 Å². The van der Waals surface area contributed by atoms with Crippen molar-refractivity contribution in [2.24, 2.45) is 0 Å². The van der Waals surface area contributed by atoms with E-state index in [0.717, 1.165) is 4.57 Å². The SMILES string of the molecule is N#Cc1cccc(Cn2cc(Br)c(=O)[nH]c2=O)c1F. The third-order valence-corrected chi connectivity index (χ3v) is 3.07. The number of halogens is 2. The Bertz CT molecular complexity index is 789. The zero-order chi connectivity index (χ0) is 14.0. The maximum atomic E-state index is 13.8. The van der Waals surface area contributed by atoms with Crippen molar-refractivity contribution in [3.63, 3.8) is 0 Å². The van der Waals surface area contributed by atoms with E-state index in [0.29, 0.717) is 0 Å². The molecule has 96 valence electrons. The van der Waals surface area contributed by atoms with Crippen molar-refractivity contribution in [2.75, 3.05) is 0 Å². The molecule has 1 N–H and O–H groups in total. The lowest BCUT2D eigenvalue weighted by molar-refractivity contribution is 0.589. The summed E-state index contributed by atoms with van der Waals surface area (Å²) >= 11 is 2.99. The highest BCUT2D eigenvalue weighted by atomic mass is 79.9. The molecule has 0 aliphatic heterocycles. The minimum absolute atomic E-state index is 0.0738. The average Bonchev–Trinajstić information content (AvgIpc) is 2.38. The number of hydrogen-bond acceptors (Lipinski definition) is 3. The van der Waals surface area contributed by atoms with Crippen molar-refractivity contribution in [3.05, 3.63) is 66.7 Å². The summed E-state index contributed by atoms with van der Waals surface area (Å²) in [5.74, 6) is -0.667. The number of H-pyrrole nitrogens is 1. The Morgan fingerprint density at radius 1 is 1.42 bits per heavy atom. The highest BCUT2D eigenvalue weighted by Crippen LogP contribution is 2.13. The number of hydrogen-bond donors (Lipinski definition) is 1. The van der Waals surface area contributed by atoms with Gasteiger partial charge in [-0.3, -0.25) is 14.3 Å². The molecule has 0 saturated heterocycles. The molecule has 0 aliphatic carbocycles. The normalized spacial score (nSPS) is 10.2. The zero-order valence-electron chi connectivity index (χ0n) is 9.48. The first kappa shape index (κ1) is 13.2. The fourth-order valence-electron chi connectivity index (χ4n) is 1.57. The molecule has 0 fully saturated rings. The van der Waals surface area contributed by atoms with Gasteiger partial charge in [-0.25, -0.2) is 9.18 Å². The lowest BCUT2D eigenvalue weighted by Crippen LogP contribution is -2.30. The van der Waals surface area contributed by atoms with Crippen LogP contribution in [0.4, 0.5) is 4.39 Å². The average molecular weight is 324 g/mol.